The highest BCUT2D eigenvalue weighted by atomic mass is 16.5. The number of benzene rings is 4. The Morgan fingerprint density at radius 2 is 0.906 bits per heavy atom. The molecule has 0 saturated heterocycles. The van der Waals surface area contributed by atoms with E-state index in [2.05, 4.69) is 23.7 Å². The molecule has 0 N–H and O–H groups in total. The molecule has 154 valence electrons. The maximum atomic E-state index is 5.86. The predicted octanol–water partition coefficient (Wildman–Crippen LogP) is 6.25. The van der Waals surface area contributed by atoms with Crippen molar-refractivity contribution in [2.45, 2.75) is 13.2 Å². The summed E-state index contributed by atoms with van der Waals surface area (Å²) in [6, 6.07) is 35.7. The van der Waals surface area contributed by atoms with E-state index >= 15 is 0 Å². The molecule has 2 heteroatoms. The van der Waals surface area contributed by atoms with Crippen LogP contribution in [0.4, 0.5) is 0 Å². The summed E-state index contributed by atoms with van der Waals surface area (Å²) < 4.78 is 11.7. The van der Waals surface area contributed by atoms with E-state index in [1.54, 1.807) is 0 Å². The number of hydrogen-bond acceptors (Lipinski definition) is 2. The van der Waals surface area contributed by atoms with Crippen molar-refractivity contribution in [2.24, 2.45) is 0 Å². The lowest BCUT2D eigenvalue weighted by molar-refractivity contribution is 0.306. The fourth-order valence-corrected chi connectivity index (χ4v) is 3.02. The molecule has 0 heterocycles. The SMILES string of the molecule is C(C#Cc1cccc(OCc2ccccc2)c1)#Cc1cccc(OCc2ccccc2)c1. The minimum Gasteiger partial charge on any atom is -0.489 e. The summed E-state index contributed by atoms with van der Waals surface area (Å²) in [7, 11) is 0. The Balaban J connectivity index is 1.35. The average molecular weight is 415 g/mol. The first-order chi connectivity index (χ1) is 15.8. The van der Waals surface area contributed by atoms with Gasteiger partial charge in [-0.3, -0.25) is 0 Å². The highest BCUT2D eigenvalue weighted by Gasteiger charge is 1.98. The van der Waals surface area contributed by atoms with E-state index in [0.29, 0.717) is 13.2 Å². The third-order valence-corrected chi connectivity index (χ3v) is 4.64. The van der Waals surface area contributed by atoms with Crippen molar-refractivity contribution < 1.29 is 9.47 Å². The van der Waals surface area contributed by atoms with E-state index in [9.17, 15) is 0 Å². The Hall–Kier alpha value is -4.40. The molecular formula is C30H22O2. The lowest BCUT2D eigenvalue weighted by Gasteiger charge is -2.06. The van der Waals surface area contributed by atoms with Crippen LogP contribution in [0.3, 0.4) is 0 Å². The fourth-order valence-electron chi connectivity index (χ4n) is 3.02. The Morgan fingerprint density at radius 3 is 1.34 bits per heavy atom. The zero-order valence-corrected chi connectivity index (χ0v) is 17.6. The van der Waals surface area contributed by atoms with Crippen molar-refractivity contribution in [1.29, 1.82) is 0 Å². The highest BCUT2D eigenvalue weighted by Crippen LogP contribution is 2.16. The van der Waals surface area contributed by atoms with Crippen LogP contribution in [0.25, 0.3) is 0 Å². The van der Waals surface area contributed by atoms with Gasteiger partial charge in [0.25, 0.3) is 0 Å². The summed E-state index contributed by atoms with van der Waals surface area (Å²) in [5.74, 6) is 13.6. The Kier molecular flexibility index (Phi) is 7.25. The van der Waals surface area contributed by atoms with Crippen molar-refractivity contribution in [1.82, 2.24) is 0 Å². The molecule has 4 rings (SSSR count). The molecule has 0 aliphatic rings. The van der Waals surface area contributed by atoms with Gasteiger partial charge in [0.1, 0.15) is 24.7 Å². The summed E-state index contributed by atoms with van der Waals surface area (Å²) >= 11 is 0. The molecule has 0 atom stereocenters. The van der Waals surface area contributed by atoms with Crippen molar-refractivity contribution in [3.8, 4) is 35.2 Å². The molecule has 0 saturated carbocycles. The van der Waals surface area contributed by atoms with Crippen LogP contribution >= 0.6 is 0 Å². The van der Waals surface area contributed by atoms with Gasteiger partial charge < -0.3 is 9.47 Å². The molecular weight excluding hydrogens is 392 g/mol. The minimum atomic E-state index is 0.528. The number of ether oxygens (including phenoxy) is 2. The van der Waals surface area contributed by atoms with E-state index in [1.807, 2.05) is 109 Å². The minimum absolute atomic E-state index is 0.528. The Morgan fingerprint density at radius 1 is 0.469 bits per heavy atom. The zero-order chi connectivity index (χ0) is 21.8. The van der Waals surface area contributed by atoms with Crippen LogP contribution in [0.1, 0.15) is 22.3 Å². The zero-order valence-electron chi connectivity index (χ0n) is 17.6. The molecule has 2 nitrogen and oxygen atoms in total. The van der Waals surface area contributed by atoms with Gasteiger partial charge in [-0.25, -0.2) is 0 Å². The van der Waals surface area contributed by atoms with E-state index in [1.165, 1.54) is 0 Å². The maximum absolute atomic E-state index is 5.86. The van der Waals surface area contributed by atoms with Crippen LogP contribution in [-0.2, 0) is 13.2 Å². The second-order valence-corrected chi connectivity index (χ2v) is 7.10. The molecule has 0 aliphatic carbocycles. The molecule has 0 unspecified atom stereocenters. The largest absolute Gasteiger partial charge is 0.489 e. The smallest absolute Gasteiger partial charge is 0.121 e. The fraction of sp³-hybridized carbons (Fsp3) is 0.0667. The quantitative estimate of drug-likeness (QED) is 0.347. The average Bonchev–Trinajstić information content (AvgIpc) is 2.86. The van der Waals surface area contributed by atoms with E-state index in [0.717, 1.165) is 33.8 Å². The Labute approximate surface area is 189 Å². The molecule has 4 aromatic rings. The molecule has 32 heavy (non-hydrogen) atoms. The summed E-state index contributed by atoms with van der Waals surface area (Å²) in [6.45, 7) is 1.06. The van der Waals surface area contributed by atoms with Crippen LogP contribution in [0.15, 0.2) is 109 Å². The van der Waals surface area contributed by atoms with E-state index < -0.39 is 0 Å². The third kappa shape index (κ3) is 6.56. The maximum Gasteiger partial charge on any atom is 0.121 e. The normalized spacial score (nSPS) is 9.62. The van der Waals surface area contributed by atoms with Gasteiger partial charge in [0.05, 0.1) is 0 Å². The summed E-state index contributed by atoms with van der Waals surface area (Å²) in [4.78, 5) is 0. The lowest BCUT2D eigenvalue weighted by atomic mass is 10.2. The van der Waals surface area contributed by atoms with Gasteiger partial charge in [-0.05, 0) is 59.4 Å². The molecule has 0 bridgehead atoms. The van der Waals surface area contributed by atoms with Gasteiger partial charge in [0, 0.05) is 11.1 Å². The summed E-state index contributed by atoms with van der Waals surface area (Å²) in [6.07, 6.45) is 0. The standard InChI is InChI=1S/C30H22O2/c1-3-13-27(14-4-1)23-31-29-19-9-17-25(21-29)11-7-8-12-26-18-10-20-30(22-26)32-24-28-15-5-2-6-16-28/h1-6,9-10,13-22H,23-24H2. The molecule has 0 aromatic heterocycles. The van der Waals surface area contributed by atoms with Crippen LogP contribution in [0.2, 0.25) is 0 Å². The first kappa shape index (κ1) is 20.9. The van der Waals surface area contributed by atoms with Crippen molar-refractivity contribution in [3.05, 3.63) is 131 Å². The lowest BCUT2D eigenvalue weighted by Crippen LogP contribution is -1.95. The molecule has 0 aliphatic heterocycles. The second-order valence-electron chi connectivity index (χ2n) is 7.10. The van der Waals surface area contributed by atoms with Crippen LogP contribution in [0, 0.1) is 23.7 Å². The molecule has 0 radical (unpaired) electrons. The van der Waals surface area contributed by atoms with E-state index in [4.69, 9.17) is 9.47 Å². The third-order valence-electron chi connectivity index (χ3n) is 4.64. The molecule has 4 aromatic carbocycles. The van der Waals surface area contributed by atoms with Gasteiger partial charge in [0.2, 0.25) is 0 Å². The summed E-state index contributed by atoms with van der Waals surface area (Å²) in [5, 5.41) is 0. The molecule has 0 spiro atoms. The van der Waals surface area contributed by atoms with Crippen molar-refractivity contribution >= 4 is 0 Å². The van der Waals surface area contributed by atoms with Gasteiger partial charge in [0.15, 0.2) is 0 Å². The summed E-state index contributed by atoms with van der Waals surface area (Å²) in [5.41, 5.74) is 3.99. The van der Waals surface area contributed by atoms with Gasteiger partial charge in [-0.1, -0.05) is 84.6 Å². The first-order valence-electron chi connectivity index (χ1n) is 10.4. The molecule has 0 amide bonds. The Bertz CT molecular complexity index is 1170. The predicted molar refractivity (Wildman–Crippen MR) is 128 cm³/mol. The van der Waals surface area contributed by atoms with E-state index in [-0.39, 0.29) is 0 Å². The second kappa shape index (κ2) is 11.1. The van der Waals surface area contributed by atoms with Crippen LogP contribution in [-0.4, -0.2) is 0 Å². The van der Waals surface area contributed by atoms with Crippen LogP contribution in [0.5, 0.6) is 11.5 Å². The van der Waals surface area contributed by atoms with Crippen molar-refractivity contribution in [3.63, 3.8) is 0 Å². The van der Waals surface area contributed by atoms with Gasteiger partial charge in [-0.2, -0.15) is 0 Å². The van der Waals surface area contributed by atoms with Gasteiger partial charge in [-0.15, -0.1) is 0 Å². The van der Waals surface area contributed by atoms with Crippen LogP contribution < -0.4 is 9.47 Å². The monoisotopic (exact) mass is 414 g/mol. The van der Waals surface area contributed by atoms with Gasteiger partial charge >= 0.3 is 0 Å². The van der Waals surface area contributed by atoms with Crippen molar-refractivity contribution in [2.75, 3.05) is 0 Å². The highest BCUT2D eigenvalue weighted by molar-refractivity contribution is 5.47. The number of hydrogen-bond donors (Lipinski definition) is 0. The first-order valence-corrected chi connectivity index (χ1v) is 10.4. The molecule has 0 fully saturated rings. The number of rotatable bonds is 6. The topological polar surface area (TPSA) is 18.5 Å².